The Morgan fingerprint density at radius 2 is 2.00 bits per heavy atom. The van der Waals surface area contributed by atoms with Gasteiger partial charge in [0.15, 0.2) is 5.79 Å². The number of ether oxygens (including phenoxy) is 2. The van der Waals surface area contributed by atoms with Crippen molar-refractivity contribution < 1.29 is 9.47 Å². The molecule has 1 saturated heterocycles. The molecule has 2 unspecified atom stereocenters. The second-order valence-electron chi connectivity index (χ2n) is 5.50. The molecule has 2 aliphatic rings. The van der Waals surface area contributed by atoms with Crippen LogP contribution < -0.4 is 5.32 Å². The monoisotopic (exact) mass is 227 g/mol. The normalized spacial score (nSPS) is 34.1. The molecule has 0 bridgehead atoms. The quantitative estimate of drug-likeness (QED) is 0.799. The van der Waals surface area contributed by atoms with Crippen LogP contribution in [-0.2, 0) is 9.47 Å². The Morgan fingerprint density at radius 3 is 2.69 bits per heavy atom. The van der Waals surface area contributed by atoms with Crippen LogP contribution in [0.15, 0.2) is 0 Å². The summed E-state index contributed by atoms with van der Waals surface area (Å²) in [5.74, 6) is 0.564. The molecule has 0 radical (unpaired) electrons. The second kappa shape index (κ2) is 5.48. The van der Waals surface area contributed by atoms with E-state index in [0.717, 1.165) is 32.1 Å². The van der Waals surface area contributed by atoms with Crippen LogP contribution in [0.2, 0.25) is 0 Å². The zero-order chi connectivity index (χ0) is 11.4. The maximum absolute atomic E-state index is 5.59. The van der Waals surface area contributed by atoms with Crippen molar-refractivity contribution >= 4 is 0 Å². The Hall–Kier alpha value is -0.120. The number of nitrogens with one attached hydrogen (secondary N) is 1. The molecular formula is C13H25NO2. The van der Waals surface area contributed by atoms with Gasteiger partial charge in [0.2, 0.25) is 0 Å². The molecule has 0 aromatic rings. The smallest absolute Gasteiger partial charge is 0.166 e. The largest absolute Gasteiger partial charge is 0.348 e. The molecule has 1 N–H and O–H groups in total. The average Bonchev–Trinajstić information content (AvgIpc) is 2.65. The van der Waals surface area contributed by atoms with Gasteiger partial charge >= 0.3 is 0 Å². The highest BCUT2D eigenvalue weighted by molar-refractivity contribution is 4.77. The Labute approximate surface area is 98.9 Å². The molecular weight excluding hydrogens is 202 g/mol. The first-order valence-corrected chi connectivity index (χ1v) is 6.69. The SMILES string of the molecule is CC1CCCC(NCCC2(C)OCCO2)C1. The Balaban J connectivity index is 1.63. The van der Waals surface area contributed by atoms with E-state index in [0.29, 0.717) is 6.04 Å². The highest BCUT2D eigenvalue weighted by Crippen LogP contribution is 2.25. The standard InChI is InChI=1S/C13H25NO2/c1-11-4-3-5-12(10-11)14-7-6-13(2)15-8-9-16-13/h11-12,14H,3-10H2,1-2H3. The predicted octanol–water partition coefficient (Wildman–Crippen LogP) is 2.31. The summed E-state index contributed by atoms with van der Waals surface area (Å²) in [6, 6.07) is 0.716. The molecule has 1 aliphatic heterocycles. The highest BCUT2D eigenvalue weighted by Gasteiger charge is 2.30. The summed E-state index contributed by atoms with van der Waals surface area (Å²) in [7, 11) is 0. The van der Waals surface area contributed by atoms with E-state index >= 15 is 0 Å². The summed E-state index contributed by atoms with van der Waals surface area (Å²) in [6.45, 7) is 6.91. The first-order valence-electron chi connectivity index (χ1n) is 6.69. The Morgan fingerprint density at radius 1 is 1.25 bits per heavy atom. The average molecular weight is 227 g/mol. The van der Waals surface area contributed by atoms with Gasteiger partial charge in [-0.1, -0.05) is 19.8 Å². The first-order chi connectivity index (χ1) is 7.68. The zero-order valence-corrected chi connectivity index (χ0v) is 10.6. The van der Waals surface area contributed by atoms with Crippen molar-refractivity contribution in [2.75, 3.05) is 19.8 Å². The summed E-state index contributed by atoms with van der Waals surface area (Å²) in [6.07, 6.45) is 6.41. The third kappa shape index (κ3) is 3.44. The summed E-state index contributed by atoms with van der Waals surface area (Å²) in [5.41, 5.74) is 0. The van der Waals surface area contributed by atoms with Crippen molar-refractivity contribution in [2.45, 2.75) is 57.8 Å². The molecule has 2 rings (SSSR count). The van der Waals surface area contributed by atoms with Gasteiger partial charge in [0.05, 0.1) is 13.2 Å². The number of hydrogen-bond acceptors (Lipinski definition) is 3. The van der Waals surface area contributed by atoms with Crippen LogP contribution in [0.25, 0.3) is 0 Å². The highest BCUT2D eigenvalue weighted by atomic mass is 16.7. The summed E-state index contributed by atoms with van der Waals surface area (Å²) in [4.78, 5) is 0. The van der Waals surface area contributed by atoms with Gasteiger partial charge in [-0.15, -0.1) is 0 Å². The van der Waals surface area contributed by atoms with Crippen LogP contribution in [0.4, 0.5) is 0 Å². The van der Waals surface area contributed by atoms with E-state index in [2.05, 4.69) is 12.2 Å². The van der Waals surface area contributed by atoms with Crippen molar-refractivity contribution in [3.05, 3.63) is 0 Å². The fourth-order valence-corrected chi connectivity index (χ4v) is 2.82. The Bertz CT molecular complexity index is 214. The molecule has 1 aliphatic carbocycles. The molecule has 0 aromatic heterocycles. The van der Waals surface area contributed by atoms with Crippen LogP contribution in [0, 0.1) is 5.92 Å². The summed E-state index contributed by atoms with van der Waals surface area (Å²) >= 11 is 0. The third-order valence-corrected chi connectivity index (χ3v) is 3.85. The van der Waals surface area contributed by atoms with E-state index in [1.165, 1.54) is 25.7 Å². The van der Waals surface area contributed by atoms with E-state index < -0.39 is 0 Å². The molecule has 3 nitrogen and oxygen atoms in total. The molecule has 3 heteroatoms. The summed E-state index contributed by atoms with van der Waals surface area (Å²) in [5, 5.41) is 3.64. The first kappa shape index (κ1) is 12.3. The van der Waals surface area contributed by atoms with Crippen LogP contribution in [0.3, 0.4) is 0 Å². The topological polar surface area (TPSA) is 30.5 Å². The molecule has 2 fully saturated rings. The molecule has 94 valence electrons. The van der Waals surface area contributed by atoms with E-state index in [-0.39, 0.29) is 5.79 Å². The van der Waals surface area contributed by atoms with Gasteiger partial charge in [-0.2, -0.15) is 0 Å². The molecule has 1 heterocycles. The van der Waals surface area contributed by atoms with Gasteiger partial charge in [-0.25, -0.2) is 0 Å². The lowest BCUT2D eigenvalue weighted by atomic mass is 9.87. The van der Waals surface area contributed by atoms with Crippen molar-refractivity contribution in [1.29, 1.82) is 0 Å². The molecule has 0 amide bonds. The summed E-state index contributed by atoms with van der Waals surface area (Å²) < 4.78 is 11.2. The maximum atomic E-state index is 5.59. The minimum absolute atomic E-state index is 0.326. The fraction of sp³-hybridized carbons (Fsp3) is 1.00. The molecule has 1 saturated carbocycles. The van der Waals surface area contributed by atoms with Gasteiger partial charge in [0.25, 0.3) is 0 Å². The molecule has 2 atom stereocenters. The van der Waals surface area contributed by atoms with E-state index in [9.17, 15) is 0 Å². The minimum Gasteiger partial charge on any atom is -0.348 e. The zero-order valence-electron chi connectivity index (χ0n) is 10.6. The van der Waals surface area contributed by atoms with Gasteiger partial charge in [-0.3, -0.25) is 0 Å². The fourth-order valence-electron chi connectivity index (χ4n) is 2.82. The minimum atomic E-state index is -0.326. The van der Waals surface area contributed by atoms with Crippen LogP contribution >= 0.6 is 0 Å². The van der Waals surface area contributed by atoms with E-state index in [1.54, 1.807) is 0 Å². The van der Waals surface area contributed by atoms with Crippen molar-refractivity contribution in [2.24, 2.45) is 5.92 Å². The van der Waals surface area contributed by atoms with Gasteiger partial charge in [-0.05, 0) is 25.7 Å². The molecule has 0 spiro atoms. The molecule has 16 heavy (non-hydrogen) atoms. The van der Waals surface area contributed by atoms with Crippen LogP contribution in [0.1, 0.15) is 46.0 Å². The van der Waals surface area contributed by atoms with Crippen molar-refractivity contribution in [3.63, 3.8) is 0 Å². The van der Waals surface area contributed by atoms with Crippen LogP contribution in [-0.4, -0.2) is 31.6 Å². The Kier molecular flexibility index (Phi) is 4.22. The van der Waals surface area contributed by atoms with Crippen molar-refractivity contribution in [3.8, 4) is 0 Å². The number of hydrogen-bond donors (Lipinski definition) is 1. The van der Waals surface area contributed by atoms with Crippen LogP contribution in [0.5, 0.6) is 0 Å². The maximum Gasteiger partial charge on any atom is 0.166 e. The predicted molar refractivity (Wildman–Crippen MR) is 64.3 cm³/mol. The second-order valence-corrected chi connectivity index (χ2v) is 5.50. The lowest BCUT2D eigenvalue weighted by molar-refractivity contribution is -0.145. The molecule has 0 aromatic carbocycles. The van der Waals surface area contributed by atoms with Gasteiger partial charge in [0.1, 0.15) is 0 Å². The van der Waals surface area contributed by atoms with E-state index in [1.807, 2.05) is 6.92 Å². The lowest BCUT2D eigenvalue weighted by Gasteiger charge is -2.29. The van der Waals surface area contributed by atoms with Crippen molar-refractivity contribution in [1.82, 2.24) is 5.32 Å². The van der Waals surface area contributed by atoms with Gasteiger partial charge < -0.3 is 14.8 Å². The third-order valence-electron chi connectivity index (χ3n) is 3.85. The van der Waals surface area contributed by atoms with E-state index in [4.69, 9.17) is 9.47 Å². The number of rotatable bonds is 4. The lowest BCUT2D eigenvalue weighted by Crippen LogP contribution is -2.38. The van der Waals surface area contributed by atoms with Gasteiger partial charge in [0, 0.05) is 19.0 Å².